The topological polar surface area (TPSA) is 34.1 Å². The molecule has 1 rings (SSSR count). The number of rotatable bonds is 0. The molecule has 0 aromatic carbocycles. The van der Waals surface area contributed by atoms with Crippen molar-refractivity contribution >= 4 is 9.84 Å². The molecule has 0 aliphatic carbocycles. The van der Waals surface area contributed by atoms with Crippen molar-refractivity contribution in [2.45, 2.75) is 12.3 Å². The van der Waals surface area contributed by atoms with Gasteiger partial charge >= 0.3 is 0 Å². The van der Waals surface area contributed by atoms with Gasteiger partial charge in [-0.3, -0.25) is 0 Å². The van der Waals surface area contributed by atoms with Gasteiger partial charge in [0.2, 0.25) is 0 Å². The lowest BCUT2D eigenvalue weighted by Gasteiger charge is -1.94. The minimum absolute atomic E-state index is 0.645. The molecule has 0 bridgehead atoms. The summed E-state index contributed by atoms with van der Waals surface area (Å²) in [5, 5.41) is 0. The molecule has 9 heavy (non-hydrogen) atoms. The third-order valence-electron chi connectivity index (χ3n) is 1.22. The summed E-state index contributed by atoms with van der Waals surface area (Å²) in [6.45, 7) is 0. The Kier molecular flexibility index (Phi) is 1.46. The highest BCUT2D eigenvalue weighted by molar-refractivity contribution is 7.91. The maximum absolute atomic E-state index is 12.1. The van der Waals surface area contributed by atoms with E-state index >= 15 is 0 Å². The standard InChI is InChI=1S/C4H6F2O2S/c5-3-1-9(7,8)2-4(3)6/h3-4H,1-2H2/t3-,4-/m1/s1. The van der Waals surface area contributed by atoms with Crippen LogP contribution in [-0.2, 0) is 9.84 Å². The van der Waals surface area contributed by atoms with Crippen LogP contribution < -0.4 is 0 Å². The molecular formula is C4H6F2O2S. The maximum atomic E-state index is 12.1. The van der Waals surface area contributed by atoms with Gasteiger partial charge in [0.1, 0.15) is 12.3 Å². The van der Waals surface area contributed by atoms with Crippen LogP contribution in [0.3, 0.4) is 0 Å². The van der Waals surface area contributed by atoms with Crippen LogP contribution >= 0.6 is 0 Å². The molecule has 0 spiro atoms. The lowest BCUT2D eigenvalue weighted by atomic mass is 10.3. The molecule has 54 valence electrons. The lowest BCUT2D eigenvalue weighted by Crippen LogP contribution is -2.12. The Morgan fingerprint density at radius 2 is 1.44 bits per heavy atom. The van der Waals surface area contributed by atoms with Gasteiger partial charge in [-0.1, -0.05) is 0 Å². The van der Waals surface area contributed by atoms with E-state index in [4.69, 9.17) is 0 Å². The summed E-state index contributed by atoms with van der Waals surface area (Å²) in [5.41, 5.74) is 0. The van der Waals surface area contributed by atoms with Crippen LogP contribution in [0.2, 0.25) is 0 Å². The Morgan fingerprint density at radius 3 is 1.56 bits per heavy atom. The molecule has 2 atom stereocenters. The summed E-state index contributed by atoms with van der Waals surface area (Å²) in [5.74, 6) is -1.29. The van der Waals surface area contributed by atoms with Crippen LogP contribution in [0.4, 0.5) is 8.78 Å². The minimum Gasteiger partial charge on any atom is -0.243 e. The summed E-state index contributed by atoms with van der Waals surface area (Å²) < 4.78 is 44.9. The van der Waals surface area contributed by atoms with Crippen molar-refractivity contribution in [3.63, 3.8) is 0 Å². The normalized spacial score (nSPS) is 41.1. The molecular weight excluding hydrogens is 150 g/mol. The van der Waals surface area contributed by atoms with E-state index in [-0.39, 0.29) is 0 Å². The summed E-state index contributed by atoms with van der Waals surface area (Å²) >= 11 is 0. The fourth-order valence-corrected chi connectivity index (χ4v) is 2.29. The third kappa shape index (κ3) is 1.38. The highest BCUT2D eigenvalue weighted by Gasteiger charge is 2.37. The lowest BCUT2D eigenvalue weighted by molar-refractivity contribution is 0.217. The van der Waals surface area contributed by atoms with E-state index in [1.54, 1.807) is 0 Å². The van der Waals surface area contributed by atoms with Gasteiger partial charge in [0.25, 0.3) is 0 Å². The van der Waals surface area contributed by atoms with Crippen molar-refractivity contribution in [3.05, 3.63) is 0 Å². The van der Waals surface area contributed by atoms with Gasteiger partial charge in [-0.05, 0) is 0 Å². The van der Waals surface area contributed by atoms with Crippen molar-refractivity contribution < 1.29 is 17.2 Å². The number of halogens is 2. The smallest absolute Gasteiger partial charge is 0.156 e. The van der Waals surface area contributed by atoms with E-state index in [0.717, 1.165) is 0 Å². The molecule has 1 aliphatic rings. The van der Waals surface area contributed by atoms with Gasteiger partial charge in [0, 0.05) is 0 Å². The first-order valence-corrected chi connectivity index (χ1v) is 4.32. The first-order chi connectivity index (χ1) is 4.01. The SMILES string of the molecule is O=S1(=O)C[C@@H](F)[C@H](F)C1. The average Bonchev–Trinajstić information content (AvgIpc) is 1.79. The minimum atomic E-state index is -3.39. The van der Waals surface area contributed by atoms with Crippen LogP contribution in [0.25, 0.3) is 0 Å². The van der Waals surface area contributed by atoms with Crippen LogP contribution in [-0.4, -0.2) is 32.3 Å². The van der Waals surface area contributed by atoms with Gasteiger partial charge in [0.05, 0.1) is 11.5 Å². The molecule has 0 N–H and O–H groups in total. The Hall–Kier alpha value is -0.190. The first-order valence-electron chi connectivity index (χ1n) is 2.50. The number of alkyl halides is 2. The quantitative estimate of drug-likeness (QED) is 0.498. The van der Waals surface area contributed by atoms with E-state index in [1.165, 1.54) is 0 Å². The van der Waals surface area contributed by atoms with Crippen LogP contribution in [0.1, 0.15) is 0 Å². The van der Waals surface area contributed by atoms with Crippen LogP contribution in [0.15, 0.2) is 0 Å². The van der Waals surface area contributed by atoms with Crippen molar-refractivity contribution in [3.8, 4) is 0 Å². The van der Waals surface area contributed by atoms with Crippen molar-refractivity contribution in [1.82, 2.24) is 0 Å². The third-order valence-corrected chi connectivity index (χ3v) is 2.87. The molecule has 5 heteroatoms. The molecule has 2 nitrogen and oxygen atoms in total. The zero-order chi connectivity index (χ0) is 7.07. The van der Waals surface area contributed by atoms with Gasteiger partial charge < -0.3 is 0 Å². The fourth-order valence-electron chi connectivity index (χ4n) is 0.762. The fraction of sp³-hybridized carbons (Fsp3) is 1.00. The van der Waals surface area contributed by atoms with Gasteiger partial charge in [-0.25, -0.2) is 17.2 Å². The molecule has 0 radical (unpaired) electrons. The maximum Gasteiger partial charge on any atom is 0.156 e. The summed E-state index contributed by atoms with van der Waals surface area (Å²) in [4.78, 5) is 0. The van der Waals surface area contributed by atoms with E-state index in [0.29, 0.717) is 0 Å². The molecule has 1 fully saturated rings. The Morgan fingerprint density at radius 1 is 1.11 bits per heavy atom. The Balaban J connectivity index is 2.77. The monoisotopic (exact) mass is 156 g/mol. The highest BCUT2D eigenvalue weighted by atomic mass is 32.2. The van der Waals surface area contributed by atoms with E-state index in [9.17, 15) is 17.2 Å². The summed E-state index contributed by atoms with van der Waals surface area (Å²) in [7, 11) is -3.39. The van der Waals surface area contributed by atoms with Crippen molar-refractivity contribution in [1.29, 1.82) is 0 Å². The van der Waals surface area contributed by atoms with Crippen LogP contribution in [0, 0.1) is 0 Å². The Bertz CT molecular complexity index is 183. The molecule has 1 heterocycles. The second kappa shape index (κ2) is 1.90. The first kappa shape index (κ1) is 6.92. The second-order valence-electron chi connectivity index (χ2n) is 2.11. The van der Waals surface area contributed by atoms with Gasteiger partial charge in [0.15, 0.2) is 9.84 Å². The number of sulfone groups is 1. The molecule has 0 saturated carbocycles. The predicted molar refractivity (Wildman–Crippen MR) is 28.4 cm³/mol. The summed E-state index contributed by atoms with van der Waals surface area (Å²) in [6, 6.07) is 0. The molecule has 1 saturated heterocycles. The molecule has 0 unspecified atom stereocenters. The molecule has 0 aromatic rings. The van der Waals surface area contributed by atoms with Gasteiger partial charge in [-0.2, -0.15) is 0 Å². The average molecular weight is 156 g/mol. The van der Waals surface area contributed by atoms with Crippen molar-refractivity contribution in [2.75, 3.05) is 11.5 Å². The largest absolute Gasteiger partial charge is 0.243 e. The highest BCUT2D eigenvalue weighted by Crippen LogP contribution is 2.17. The number of hydrogen-bond donors (Lipinski definition) is 0. The van der Waals surface area contributed by atoms with E-state index in [2.05, 4.69) is 0 Å². The Labute approximate surface area is 51.8 Å². The zero-order valence-corrected chi connectivity index (χ0v) is 5.37. The van der Waals surface area contributed by atoms with Crippen molar-refractivity contribution in [2.24, 2.45) is 0 Å². The second-order valence-corrected chi connectivity index (χ2v) is 4.26. The van der Waals surface area contributed by atoms with Gasteiger partial charge in [-0.15, -0.1) is 0 Å². The summed E-state index contributed by atoms with van der Waals surface area (Å²) in [6.07, 6.45) is -3.59. The molecule has 0 aromatic heterocycles. The number of hydrogen-bond acceptors (Lipinski definition) is 2. The zero-order valence-electron chi connectivity index (χ0n) is 4.55. The molecule has 1 aliphatic heterocycles. The molecule has 0 amide bonds. The predicted octanol–water partition coefficient (Wildman–Crippen LogP) is 0.0910. The van der Waals surface area contributed by atoms with E-state index < -0.39 is 33.7 Å². The van der Waals surface area contributed by atoms with Crippen LogP contribution in [0.5, 0.6) is 0 Å². The van der Waals surface area contributed by atoms with E-state index in [1.807, 2.05) is 0 Å².